The fourth-order valence-electron chi connectivity index (χ4n) is 2.84. The Bertz CT molecular complexity index is 146. The third-order valence-corrected chi connectivity index (χ3v) is 5.23. The van der Waals surface area contributed by atoms with Crippen LogP contribution in [0.5, 0.6) is 0 Å². The highest BCUT2D eigenvalue weighted by atomic mass is 32.2. The molecule has 0 radical (unpaired) electrons. The second-order valence-electron chi connectivity index (χ2n) is 4.08. The Morgan fingerprint density at radius 2 is 2.09 bits per heavy atom. The summed E-state index contributed by atoms with van der Waals surface area (Å²) < 4.78 is 0. The molecule has 5 unspecified atom stereocenters. The normalized spacial score (nSPS) is 48.5. The van der Waals surface area contributed by atoms with Crippen molar-refractivity contribution in [2.75, 3.05) is 5.49 Å². The molecule has 2 fully saturated rings. The predicted molar refractivity (Wildman–Crippen MR) is 56.0 cm³/mol. The largest absolute Gasteiger partial charge is 0.154 e. The van der Waals surface area contributed by atoms with Gasteiger partial charge >= 0.3 is 0 Å². The summed E-state index contributed by atoms with van der Waals surface area (Å²) in [5.74, 6) is 3.22. The molecule has 5 atom stereocenters. The van der Waals surface area contributed by atoms with Gasteiger partial charge in [0, 0.05) is 10.7 Å². The first-order valence-corrected chi connectivity index (χ1v) is 6.49. The molecule has 0 N–H and O–H groups in total. The van der Waals surface area contributed by atoms with E-state index in [1.165, 1.54) is 18.3 Å². The van der Waals surface area contributed by atoms with Crippen LogP contribution in [0.15, 0.2) is 0 Å². The average Bonchev–Trinajstić information content (AvgIpc) is 2.47. The maximum Gasteiger partial charge on any atom is 0.00817 e. The maximum absolute atomic E-state index is 2.83. The predicted octanol–water partition coefficient (Wildman–Crippen LogP) is 2.99. The van der Waals surface area contributed by atoms with E-state index in [2.05, 4.69) is 27.9 Å². The molecule has 2 saturated carbocycles. The van der Waals surface area contributed by atoms with Gasteiger partial charge in [-0.1, -0.05) is 6.92 Å². The van der Waals surface area contributed by atoms with Gasteiger partial charge in [0.05, 0.1) is 0 Å². The van der Waals surface area contributed by atoms with Gasteiger partial charge in [-0.2, -0.15) is 11.8 Å². The van der Waals surface area contributed by atoms with Crippen molar-refractivity contribution in [2.24, 2.45) is 17.8 Å². The van der Waals surface area contributed by atoms with Crippen LogP contribution in [0.4, 0.5) is 0 Å². The molecule has 0 nitrogen and oxygen atoms in total. The van der Waals surface area contributed by atoms with E-state index in [1.54, 1.807) is 6.42 Å². The zero-order valence-corrected chi connectivity index (χ0v) is 9.09. The molecule has 0 amide bonds. The van der Waals surface area contributed by atoms with Gasteiger partial charge < -0.3 is 0 Å². The molecule has 0 aromatic heterocycles. The van der Waals surface area contributed by atoms with Gasteiger partial charge in [-0.3, -0.25) is 0 Å². The van der Waals surface area contributed by atoms with Crippen LogP contribution in [0.3, 0.4) is 0 Å². The Balaban J connectivity index is 1.92. The van der Waals surface area contributed by atoms with E-state index in [9.17, 15) is 0 Å². The fraction of sp³-hybridized carbons (Fsp3) is 1.00. The van der Waals surface area contributed by atoms with Crippen molar-refractivity contribution in [3.63, 3.8) is 0 Å². The van der Waals surface area contributed by atoms with Crippen LogP contribution < -0.4 is 0 Å². The Hall–Kier alpha value is 0.780. The van der Waals surface area contributed by atoms with Crippen molar-refractivity contribution in [2.45, 2.75) is 31.4 Å². The van der Waals surface area contributed by atoms with E-state index in [4.69, 9.17) is 0 Å². The first-order valence-electron chi connectivity index (χ1n) is 4.63. The summed E-state index contributed by atoms with van der Waals surface area (Å²) in [6, 6.07) is 0. The molecule has 64 valence electrons. The summed E-state index contributed by atoms with van der Waals surface area (Å²) in [6.07, 6.45) is 4.58. The molecule has 0 aliphatic heterocycles. The van der Waals surface area contributed by atoms with Gasteiger partial charge in [-0.15, -0.1) is 9.24 Å². The SMILES string of the molecule is CC1CC2CC1CC2SCP. The Morgan fingerprint density at radius 1 is 1.27 bits per heavy atom. The fourth-order valence-corrected chi connectivity index (χ4v) is 4.70. The summed E-state index contributed by atoms with van der Waals surface area (Å²) in [7, 11) is 2.83. The number of fused-ring (bicyclic) bond motifs is 2. The minimum Gasteiger partial charge on any atom is -0.154 e. The molecule has 0 heterocycles. The van der Waals surface area contributed by atoms with E-state index >= 15 is 0 Å². The lowest BCUT2D eigenvalue weighted by atomic mass is 9.90. The first-order chi connectivity index (χ1) is 5.31. The average molecular weight is 188 g/mol. The lowest BCUT2D eigenvalue weighted by Gasteiger charge is -2.24. The molecule has 11 heavy (non-hydrogen) atoms. The second kappa shape index (κ2) is 3.26. The van der Waals surface area contributed by atoms with E-state index < -0.39 is 0 Å². The van der Waals surface area contributed by atoms with Crippen LogP contribution in [0.25, 0.3) is 0 Å². The second-order valence-corrected chi connectivity index (χ2v) is 6.35. The third-order valence-electron chi connectivity index (χ3n) is 3.46. The maximum atomic E-state index is 2.83. The van der Waals surface area contributed by atoms with Crippen LogP contribution in [-0.4, -0.2) is 10.7 Å². The molecular weight excluding hydrogens is 171 g/mol. The molecule has 2 aliphatic rings. The molecule has 2 heteroatoms. The van der Waals surface area contributed by atoms with E-state index in [0.29, 0.717) is 0 Å². The lowest BCUT2D eigenvalue weighted by molar-refractivity contribution is 0.367. The van der Waals surface area contributed by atoms with Crippen LogP contribution in [0, 0.1) is 17.8 Å². The Labute approximate surface area is 76.1 Å². The van der Waals surface area contributed by atoms with Crippen molar-refractivity contribution in [1.29, 1.82) is 0 Å². The highest BCUT2D eigenvalue weighted by Gasteiger charge is 2.43. The third kappa shape index (κ3) is 1.47. The van der Waals surface area contributed by atoms with Crippen molar-refractivity contribution >= 4 is 21.0 Å². The number of rotatable bonds is 2. The zero-order valence-electron chi connectivity index (χ0n) is 7.12. The summed E-state index contributed by atoms with van der Waals surface area (Å²) in [6.45, 7) is 2.44. The minimum atomic E-state index is 1.02. The van der Waals surface area contributed by atoms with Gasteiger partial charge in [-0.05, 0) is 37.0 Å². The van der Waals surface area contributed by atoms with Crippen molar-refractivity contribution in [1.82, 2.24) is 0 Å². The Kier molecular flexibility index (Phi) is 2.49. The van der Waals surface area contributed by atoms with Crippen LogP contribution in [-0.2, 0) is 0 Å². The van der Waals surface area contributed by atoms with Crippen molar-refractivity contribution in [3.8, 4) is 0 Å². The molecule has 0 spiro atoms. The van der Waals surface area contributed by atoms with Gasteiger partial charge in [0.1, 0.15) is 0 Å². The number of hydrogen-bond donors (Lipinski definition) is 0. The van der Waals surface area contributed by atoms with E-state index in [-0.39, 0.29) is 0 Å². The monoisotopic (exact) mass is 188 g/mol. The van der Waals surface area contributed by atoms with Gasteiger partial charge in [0.15, 0.2) is 0 Å². The smallest absolute Gasteiger partial charge is 0.00817 e. The van der Waals surface area contributed by atoms with E-state index in [1.807, 2.05) is 0 Å². The quantitative estimate of drug-likeness (QED) is 0.600. The highest BCUT2D eigenvalue weighted by molar-refractivity contribution is 8.02. The Morgan fingerprint density at radius 3 is 2.55 bits per heavy atom. The van der Waals surface area contributed by atoms with Crippen LogP contribution >= 0.6 is 21.0 Å². The highest BCUT2D eigenvalue weighted by Crippen LogP contribution is 2.52. The summed E-state index contributed by atoms with van der Waals surface area (Å²) >= 11 is 2.17. The summed E-state index contributed by atoms with van der Waals surface area (Å²) in [5, 5.41) is 1.02. The summed E-state index contributed by atoms with van der Waals surface area (Å²) in [5.41, 5.74) is 1.24. The summed E-state index contributed by atoms with van der Waals surface area (Å²) in [4.78, 5) is 0. The molecule has 2 rings (SSSR count). The van der Waals surface area contributed by atoms with Crippen LogP contribution in [0.1, 0.15) is 26.2 Å². The number of hydrogen-bond acceptors (Lipinski definition) is 1. The van der Waals surface area contributed by atoms with Gasteiger partial charge in [-0.25, -0.2) is 0 Å². The van der Waals surface area contributed by atoms with Crippen molar-refractivity contribution in [3.05, 3.63) is 0 Å². The standard InChI is InChI=1S/C9H17PS/c1-6-2-8-3-7(6)4-9(8)11-5-10/h6-9H,2-5,10H2,1H3. The number of thioether (sulfide) groups is 1. The topological polar surface area (TPSA) is 0 Å². The molecule has 0 saturated heterocycles. The molecule has 2 bridgehead atoms. The zero-order chi connectivity index (χ0) is 7.84. The molecule has 0 aromatic rings. The van der Waals surface area contributed by atoms with E-state index in [0.717, 1.165) is 23.0 Å². The first kappa shape index (κ1) is 8.38. The lowest BCUT2D eigenvalue weighted by Crippen LogP contribution is -2.17. The minimum absolute atomic E-state index is 1.02. The van der Waals surface area contributed by atoms with Gasteiger partial charge in [0.25, 0.3) is 0 Å². The molecule has 2 aliphatic carbocycles. The molecular formula is C9H17PS. The van der Waals surface area contributed by atoms with Gasteiger partial charge in [0.2, 0.25) is 0 Å². The molecule has 0 aromatic carbocycles. The van der Waals surface area contributed by atoms with Crippen LogP contribution in [0.2, 0.25) is 0 Å². The van der Waals surface area contributed by atoms with Crippen molar-refractivity contribution < 1.29 is 0 Å².